The lowest BCUT2D eigenvalue weighted by Crippen LogP contribution is -2.33. The van der Waals surface area contributed by atoms with Gasteiger partial charge in [-0.3, -0.25) is 4.90 Å². The molecule has 2 aromatic carbocycles. The molecule has 2 heterocycles. The van der Waals surface area contributed by atoms with Crippen molar-refractivity contribution in [3.63, 3.8) is 0 Å². The highest BCUT2D eigenvalue weighted by Crippen LogP contribution is 2.38. The minimum Gasteiger partial charge on any atom is -0.489 e. The Labute approximate surface area is 220 Å². The molecule has 2 aliphatic rings. The first-order valence-corrected chi connectivity index (χ1v) is 12.0. The Kier molecular flexibility index (Phi) is 8.73. The molecule has 210 valence electrons. The maximum atomic E-state index is 14.9. The van der Waals surface area contributed by atoms with Gasteiger partial charge < -0.3 is 19.3 Å². The summed E-state index contributed by atoms with van der Waals surface area (Å²) in [4.78, 5) is 13.1. The van der Waals surface area contributed by atoms with Crippen LogP contribution in [0.3, 0.4) is 0 Å². The number of hydrogen-bond acceptors (Lipinski definition) is 5. The average molecular weight is 557 g/mol. The van der Waals surface area contributed by atoms with Crippen molar-refractivity contribution < 1.29 is 50.5 Å². The lowest BCUT2D eigenvalue weighted by molar-refractivity contribution is -0.139. The van der Waals surface area contributed by atoms with Crippen LogP contribution in [0.2, 0.25) is 0 Å². The van der Waals surface area contributed by atoms with E-state index in [0.29, 0.717) is 31.6 Å². The summed E-state index contributed by atoms with van der Waals surface area (Å²) in [6, 6.07) is 5.50. The Morgan fingerprint density at radius 1 is 1.15 bits per heavy atom. The first kappa shape index (κ1) is 28.3. The second kappa shape index (κ2) is 12.0. The number of fused-ring (bicyclic) bond motifs is 1. The number of benzene rings is 2. The van der Waals surface area contributed by atoms with Crippen LogP contribution in [0.15, 0.2) is 47.6 Å². The Morgan fingerprint density at radius 3 is 2.56 bits per heavy atom. The third-order valence-corrected chi connectivity index (χ3v) is 6.21. The van der Waals surface area contributed by atoms with Crippen molar-refractivity contribution in [2.75, 3.05) is 39.6 Å². The lowest BCUT2D eigenvalue weighted by Gasteiger charge is -2.28. The van der Waals surface area contributed by atoms with Crippen LogP contribution < -0.4 is 14.2 Å². The summed E-state index contributed by atoms with van der Waals surface area (Å²) in [6.45, 7) is -1.27. The van der Waals surface area contributed by atoms with Crippen molar-refractivity contribution in [3.05, 3.63) is 70.1 Å². The Bertz CT molecular complexity index is 1270. The predicted octanol–water partition coefficient (Wildman–Crippen LogP) is 5.60. The largest absolute Gasteiger partial charge is 0.489 e. The molecule has 2 aromatic rings. The van der Waals surface area contributed by atoms with Gasteiger partial charge in [0.1, 0.15) is 49.6 Å². The van der Waals surface area contributed by atoms with Crippen LogP contribution in [-0.2, 0) is 17.6 Å². The molecule has 4 rings (SSSR count). The van der Waals surface area contributed by atoms with Gasteiger partial charge in [0.15, 0.2) is 6.10 Å². The zero-order valence-electron chi connectivity index (χ0n) is 20.6. The number of aliphatic carboxylic acids is 1. The lowest BCUT2D eigenvalue weighted by atomic mass is 10.0. The molecule has 1 N–H and O–H groups in total. The monoisotopic (exact) mass is 557 g/mol. The fourth-order valence-electron chi connectivity index (χ4n) is 4.20. The summed E-state index contributed by atoms with van der Waals surface area (Å²) < 4.78 is 97.0. The molecule has 2 aliphatic heterocycles. The number of carboxylic acids is 1. The molecule has 12 heteroatoms. The number of alkyl halides is 5. The molecule has 0 aliphatic carbocycles. The molecular weight excluding hydrogens is 532 g/mol. The van der Waals surface area contributed by atoms with Gasteiger partial charge in [0.25, 0.3) is 0 Å². The molecule has 0 fully saturated rings. The van der Waals surface area contributed by atoms with Gasteiger partial charge in [0, 0.05) is 37.3 Å². The molecule has 39 heavy (non-hydrogen) atoms. The predicted molar refractivity (Wildman–Crippen MR) is 129 cm³/mol. The van der Waals surface area contributed by atoms with Gasteiger partial charge in [0.05, 0.1) is 11.1 Å². The molecule has 0 bridgehead atoms. The molecule has 0 spiro atoms. The van der Waals surface area contributed by atoms with E-state index in [9.17, 15) is 31.1 Å². The molecule has 0 atom stereocenters. The summed E-state index contributed by atoms with van der Waals surface area (Å²) in [5.41, 5.74) is 0.238. The zero-order valence-corrected chi connectivity index (χ0v) is 20.6. The van der Waals surface area contributed by atoms with E-state index in [4.69, 9.17) is 19.3 Å². The number of carboxylic acid groups (broad SMARTS) is 1. The van der Waals surface area contributed by atoms with Crippen LogP contribution in [0, 0.1) is 5.82 Å². The number of carbonyl (C=O) groups is 1. The maximum Gasteiger partial charge on any atom is 0.419 e. The highest BCUT2D eigenvalue weighted by atomic mass is 19.4. The van der Waals surface area contributed by atoms with E-state index >= 15 is 0 Å². The summed E-state index contributed by atoms with van der Waals surface area (Å²) in [5, 5.41) is 9.07. The first-order chi connectivity index (χ1) is 18.6. The van der Waals surface area contributed by atoms with Crippen molar-refractivity contribution in [2.24, 2.45) is 0 Å². The van der Waals surface area contributed by atoms with Crippen LogP contribution in [0.25, 0.3) is 6.08 Å². The van der Waals surface area contributed by atoms with E-state index in [-0.39, 0.29) is 35.8 Å². The van der Waals surface area contributed by atoms with Gasteiger partial charge in [0.2, 0.25) is 0 Å². The Morgan fingerprint density at radius 2 is 1.92 bits per heavy atom. The molecule has 0 radical (unpaired) electrons. The molecule has 6 nitrogen and oxygen atoms in total. The molecule has 0 saturated heterocycles. The second-order valence-corrected chi connectivity index (χ2v) is 9.09. The van der Waals surface area contributed by atoms with Gasteiger partial charge in [-0.15, -0.1) is 0 Å². The zero-order chi connectivity index (χ0) is 28.2. The first-order valence-electron chi connectivity index (χ1n) is 12.0. The molecule has 0 unspecified atom stereocenters. The standard InChI is InChI=1S/C27H25F6NO5/c28-11-20(12-29)39-24-2-1-16(8-22(24)27(31,32)33)14-37-19-9-23(30)21-7-17(15-38-25(21)10-19)13-34-5-3-18(4-6-34)26(35)36/h1-3,7-10,20H,4-6,11-15H2,(H,35,36). The van der Waals surface area contributed by atoms with E-state index < -0.39 is 48.7 Å². The van der Waals surface area contributed by atoms with Crippen LogP contribution >= 0.6 is 0 Å². The summed E-state index contributed by atoms with van der Waals surface area (Å²) in [6.07, 6.45) is -2.78. The fourth-order valence-corrected chi connectivity index (χ4v) is 4.20. The van der Waals surface area contributed by atoms with Gasteiger partial charge >= 0.3 is 12.1 Å². The van der Waals surface area contributed by atoms with Crippen LogP contribution in [0.1, 0.15) is 23.1 Å². The van der Waals surface area contributed by atoms with E-state index in [0.717, 1.165) is 23.8 Å². The van der Waals surface area contributed by atoms with Crippen LogP contribution in [0.5, 0.6) is 17.2 Å². The quantitative estimate of drug-likeness (QED) is 0.384. The number of rotatable bonds is 10. The number of ether oxygens (including phenoxy) is 3. The fraction of sp³-hybridized carbons (Fsp3) is 0.370. The van der Waals surface area contributed by atoms with E-state index in [1.165, 1.54) is 12.1 Å². The summed E-state index contributed by atoms with van der Waals surface area (Å²) >= 11 is 0. The van der Waals surface area contributed by atoms with Gasteiger partial charge in [-0.2, -0.15) is 13.2 Å². The van der Waals surface area contributed by atoms with Crippen molar-refractivity contribution in [1.29, 1.82) is 0 Å². The SMILES string of the molecule is O=C(O)C1=CCN(CC2=Cc3c(F)cc(OCc4ccc(OC(CF)CF)c(C(F)(F)F)c4)cc3OC2)CC1. The normalized spacial score (nSPS) is 15.8. The van der Waals surface area contributed by atoms with Crippen molar-refractivity contribution >= 4 is 12.0 Å². The number of nitrogens with zero attached hydrogens (tertiary/aromatic N) is 1. The van der Waals surface area contributed by atoms with Crippen LogP contribution in [0.4, 0.5) is 26.3 Å². The molecular formula is C27H25F6NO5. The highest BCUT2D eigenvalue weighted by molar-refractivity contribution is 5.86. The third-order valence-electron chi connectivity index (χ3n) is 6.21. The van der Waals surface area contributed by atoms with Gasteiger partial charge in [-0.1, -0.05) is 12.1 Å². The Hall–Kier alpha value is -3.67. The minimum absolute atomic E-state index is 0.0364. The van der Waals surface area contributed by atoms with E-state index in [2.05, 4.69) is 0 Å². The highest BCUT2D eigenvalue weighted by Gasteiger charge is 2.35. The van der Waals surface area contributed by atoms with Crippen LogP contribution in [-0.4, -0.2) is 61.7 Å². The minimum atomic E-state index is -4.85. The smallest absolute Gasteiger partial charge is 0.419 e. The molecule has 0 amide bonds. The number of halogens is 6. The van der Waals surface area contributed by atoms with E-state index in [1.54, 1.807) is 12.2 Å². The summed E-state index contributed by atoms with van der Waals surface area (Å²) in [5.74, 6) is -2.03. The topological polar surface area (TPSA) is 68.2 Å². The van der Waals surface area contributed by atoms with Crippen molar-refractivity contribution in [1.82, 2.24) is 4.90 Å². The molecule has 0 aromatic heterocycles. The third kappa shape index (κ3) is 7.05. The van der Waals surface area contributed by atoms with Gasteiger partial charge in [-0.25, -0.2) is 18.0 Å². The maximum absolute atomic E-state index is 14.9. The average Bonchev–Trinajstić information content (AvgIpc) is 2.91. The van der Waals surface area contributed by atoms with Crippen molar-refractivity contribution in [2.45, 2.75) is 25.3 Å². The van der Waals surface area contributed by atoms with Gasteiger partial charge in [-0.05, 0) is 35.8 Å². The second-order valence-electron chi connectivity index (χ2n) is 9.09. The van der Waals surface area contributed by atoms with E-state index in [1.807, 2.05) is 4.90 Å². The Balaban J connectivity index is 1.44. The summed E-state index contributed by atoms with van der Waals surface area (Å²) in [7, 11) is 0. The number of hydrogen-bond donors (Lipinski definition) is 1. The molecule has 0 saturated carbocycles. The van der Waals surface area contributed by atoms with Crippen molar-refractivity contribution in [3.8, 4) is 17.2 Å².